The van der Waals surface area contributed by atoms with E-state index in [1.807, 2.05) is 0 Å². The molecule has 9 heteroatoms. The highest BCUT2D eigenvalue weighted by atomic mass is 16.5. The van der Waals surface area contributed by atoms with Gasteiger partial charge < -0.3 is 25.2 Å². The standard InChI is InChI=1S/C31H35N7O2/c1-3-27(39)38-17-16-37(18-23(38)10-14-32)29-24-11-15-36(26-9-5-8-22-7-4-6-21(2)28(22)26)19-25(24)34-30(35-29)40-20-31(33)12-13-31/h3-9,23H,1,10-13,15-20,33H2,2H3/t23-/m0/s1. The number of aryl methyl sites for hydroxylation is 1. The largest absolute Gasteiger partial charge is 0.461 e. The fourth-order valence-corrected chi connectivity index (χ4v) is 5.94. The number of nitriles is 1. The molecule has 2 fully saturated rings. The van der Waals surface area contributed by atoms with Gasteiger partial charge in [-0.1, -0.05) is 36.9 Å². The predicted octanol–water partition coefficient (Wildman–Crippen LogP) is 3.49. The number of carbonyl (C=O) groups excluding carboxylic acids is 1. The maximum atomic E-state index is 12.5. The van der Waals surface area contributed by atoms with Crippen molar-refractivity contribution in [1.82, 2.24) is 14.9 Å². The fraction of sp³-hybridized carbons (Fsp3) is 0.419. The van der Waals surface area contributed by atoms with Crippen molar-refractivity contribution >= 4 is 28.2 Å². The Morgan fingerprint density at radius 1 is 1.20 bits per heavy atom. The molecule has 2 aromatic carbocycles. The van der Waals surface area contributed by atoms with Crippen LogP contribution in [0, 0.1) is 18.3 Å². The second kappa shape index (κ2) is 10.4. The lowest BCUT2D eigenvalue weighted by Crippen LogP contribution is -2.55. The highest BCUT2D eigenvalue weighted by Gasteiger charge is 2.40. The Labute approximate surface area is 234 Å². The lowest BCUT2D eigenvalue weighted by Gasteiger charge is -2.42. The van der Waals surface area contributed by atoms with Crippen LogP contribution in [0.2, 0.25) is 0 Å². The summed E-state index contributed by atoms with van der Waals surface area (Å²) < 4.78 is 6.09. The summed E-state index contributed by atoms with van der Waals surface area (Å²) in [5.41, 5.74) is 10.5. The van der Waals surface area contributed by atoms with E-state index >= 15 is 0 Å². The van der Waals surface area contributed by atoms with E-state index in [9.17, 15) is 10.1 Å². The van der Waals surface area contributed by atoms with Crippen LogP contribution in [0.4, 0.5) is 11.5 Å². The first-order valence-corrected chi connectivity index (χ1v) is 14.0. The van der Waals surface area contributed by atoms with Gasteiger partial charge in [0, 0.05) is 42.8 Å². The smallest absolute Gasteiger partial charge is 0.318 e. The molecule has 0 bridgehead atoms. The average Bonchev–Trinajstić information content (AvgIpc) is 3.72. The Morgan fingerprint density at radius 3 is 2.75 bits per heavy atom. The molecule has 0 unspecified atom stereocenters. The molecular weight excluding hydrogens is 502 g/mol. The quantitative estimate of drug-likeness (QED) is 0.456. The van der Waals surface area contributed by atoms with Crippen molar-refractivity contribution in [3.05, 3.63) is 65.9 Å². The zero-order chi connectivity index (χ0) is 27.9. The number of rotatable bonds is 7. The van der Waals surface area contributed by atoms with Crippen molar-refractivity contribution in [2.24, 2.45) is 5.73 Å². The van der Waals surface area contributed by atoms with Crippen LogP contribution in [0.5, 0.6) is 6.01 Å². The van der Waals surface area contributed by atoms with Crippen molar-refractivity contribution in [3.63, 3.8) is 0 Å². The first kappa shape index (κ1) is 26.1. The topological polar surface area (TPSA) is 112 Å². The zero-order valence-electron chi connectivity index (χ0n) is 23.0. The fourth-order valence-electron chi connectivity index (χ4n) is 5.94. The molecule has 9 nitrogen and oxygen atoms in total. The number of hydrogen-bond acceptors (Lipinski definition) is 8. The van der Waals surface area contributed by atoms with Gasteiger partial charge in [0.1, 0.15) is 12.4 Å². The van der Waals surface area contributed by atoms with Gasteiger partial charge in [0.05, 0.1) is 36.3 Å². The van der Waals surface area contributed by atoms with Crippen molar-refractivity contribution in [3.8, 4) is 12.1 Å². The third-order valence-corrected chi connectivity index (χ3v) is 8.40. The van der Waals surface area contributed by atoms with E-state index in [2.05, 4.69) is 65.8 Å². The Kier molecular flexibility index (Phi) is 6.80. The highest BCUT2D eigenvalue weighted by molar-refractivity contribution is 5.97. The molecule has 2 N–H and O–H groups in total. The number of hydrogen-bond donors (Lipinski definition) is 1. The van der Waals surface area contributed by atoms with Gasteiger partial charge >= 0.3 is 6.01 Å². The highest BCUT2D eigenvalue weighted by Crippen LogP contribution is 2.37. The van der Waals surface area contributed by atoms with Crippen LogP contribution in [0.25, 0.3) is 10.8 Å². The van der Waals surface area contributed by atoms with E-state index < -0.39 is 0 Å². The molecule has 6 rings (SSSR count). The molecule has 1 aliphatic carbocycles. The lowest BCUT2D eigenvalue weighted by molar-refractivity contribution is -0.128. The summed E-state index contributed by atoms with van der Waals surface area (Å²) in [4.78, 5) is 28.6. The molecule has 40 heavy (non-hydrogen) atoms. The summed E-state index contributed by atoms with van der Waals surface area (Å²) in [6, 6.07) is 15.2. The van der Waals surface area contributed by atoms with Gasteiger partial charge in [-0.15, -0.1) is 0 Å². The first-order valence-electron chi connectivity index (χ1n) is 14.0. The Balaban J connectivity index is 1.35. The van der Waals surface area contributed by atoms with Gasteiger partial charge in [0.15, 0.2) is 0 Å². The second-order valence-electron chi connectivity index (χ2n) is 11.2. The van der Waals surface area contributed by atoms with Crippen molar-refractivity contribution in [1.29, 1.82) is 5.26 Å². The number of fused-ring (bicyclic) bond motifs is 2. The Morgan fingerprint density at radius 2 is 2.00 bits per heavy atom. The predicted molar refractivity (Wildman–Crippen MR) is 155 cm³/mol. The summed E-state index contributed by atoms with van der Waals surface area (Å²) in [5.74, 6) is 0.691. The maximum absolute atomic E-state index is 12.5. The molecule has 0 spiro atoms. The molecular formula is C31H35N7O2. The van der Waals surface area contributed by atoms with Gasteiger partial charge in [-0.05, 0) is 49.3 Å². The number of nitrogens with zero attached hydrogens (tertiary/aromatic N) is 6. The first-order chi connectivity index (χ1) is 19.4. The summed E-state index contributed by atoms with van der Waals surface area (Å²) in [6.45, 7) is 9.28. The van der Waals surface area contributed by atoms with Gasteiger partial charge in [0.25, 0.3) is 0 Å². The molecule has 3 heterocycles. The molecule has 1 saturated carbocycles. The van der Waals surface area contributed by atoms with Crippen LogP contribution >= 0.6 is 0 Å². The third-order valence-electron chi connectivity index (χ3n) is 8.40. The Hall–Kier alpha value is -4.16. The van der Waals surface area contributed by atoms with Crippen molar-refractivity contribution < 1.29 is 9.53 Å². The average molecular weight is 538 g/mol. The van der Waals surface area contributed by atoms with Crippen LogP contribution in [0.3, 0.4) is 0 Å². The van der Waals surface area contributed by atoms with E-state index in [-0.39, 0.29) is 23.9 Å². The molecule has 1 atom stereocenters. The zero-order valence-corrected chi connectivity index (χ0v) is 23.0. The maximum Gasteiger partial charge on any atom is 0.318 e. The number of amides is 1. The summed E-state index contributed by atoms with van der Waals surface area (Å²) >= 11 is 0. The van der Waals surface area contributed by atoms with Crippen LogP contribution in [-0.2, 0) is 17.8 Å². The minimum Gasteiger partial charge on any atom is -0.461 e. The van der Waals surface area contributed by atoms with E-state index in [1.54, 1.807) is 4.90 Å². The Bertz CT molecular complexity index is 1500. The second-order valence-corrected chi connectivity index (χ2v) is 11.2. The minimum atomic E-state index is -0.291. The molecule has 1 aromatic heterocycles. The molecule has 3 aliphatic rings. The number of ether oxygens (including phenoxy) is 1. The van der Waals surface area contributed by atoms with Gasteiger partial charge in [-0.2, -0.15) is 15.2 Å². The van der Waals surface area contributed by atoms with Crippen molar-refractivity contribution in [2.45, 2.75) is 50.7 Å². The molecule has 206 valence electrons. The number of benzene rings is 2. The van der Waals surface area contributed by atoms with Crippen LogP contribution in [0.1, 0.15) is 36.1 Å². The summed E-state index contributed by atoms with van der Waals surface area (Å²) in [7, 11) is 0. The molecule has 3 aromatic rings. The van der Waals surface area contributed by atoms with E-state index in [0.717, 1.165) is 42.9 Å². The van der Waals surface area contributed by atoms with Crippen LogP contribution in [0.15, 0.2) is 49.1 Å². The molecule has 2 aliphatic heterocycles. The van der Waals surface area contributed by atoms with Crippen LogP contribution in [-0.4, -0.2) is 65.1 Å². The van der Waals surface area contributed by atoms with E-state index in [0.29, 0.717) is 38.8 Å². The monoisotopic (exact) mass is 537 g/mol. The SMILES string of the molecule is C=CC(=O)N1CCN(c2nc(OCC3(N)CC3)nc3c2CCN(c2cccc4cccc(C)c24)C3)C[C@@H]1CC#N. The number of nitrogens with two attached hydrogens (primary N) is 1. The molecule has 1 saturated heterocycles. The van der Waals surface area contributed by atoms with Crippen molar-refractivity contribution in [2.75, 3.05) is 42.6 Å². The minimum absolute atomic E-state index is 0.146. The number of carbonyl (C=O) groups is 1. The van der Waals surface area contributed by atoms with Gasteiger partial charge in [-0.25, -0.2) is 0 Å². The molecule has 0 radical (unpaired) electrons. The number of anilines is 2. The summed E-state index contributed by atoms with van der Waals surface area (Å²) in [5, 5.41) is 12.0. The molecule has 1 amide bonds. The van der Waals surface area contributed by atoms with Gasteiger partial charge in [-0.3, -0.25) is 4.79 Å². The lowest BCUT2D eigenvalue weighted by atomic mass is 9.99. The normalized spacial score (nSPS) is 19.6. The number of aromatic nitrogens is 2. The summed E-state index contributed by atoms with van der Waals surface area (Å²) in [6.07, 6.45) is 4.23. The van der Waals surface area contributed by atoms with E-state index in [1.165, 1.54) is 28.1 Å². The van der Waals surface area contributed by atoms with Crippen LogP contribution < -0.4 is 20.3 Å². The van der Waals surface area contributed by atoms with E-state index in [4.69, 9.17) is 20.4 Å². The number of piperazine rings is 1. The van der Waals surface area contributed by atoms with Gasteiger partial charge in [0.2, 0.25) is 5.91 Å². The third kappa shape index (κ3) is 4.95.